The molecule has 99 heavy (non-hydrogen) atoms. The lowest BCUT2D eigenvalue weighted by molar-refractivity contribution is -0.512. The maximum absolute atomic E-state index is 11.3. The number of fused-ring (bicyclic) bond motifs is 7. The van der Waals surface area contributed by atoms with Gasteiger partial charge in [0.15, 0.2) is 5.65 Å². The van der Waals surface area contributed by atoms with E-state index in [9.17, 15) is 9.59 Å². The average Bonchev–Trinajstić information content (AvgIpc) is 1.66. The number of hydrogen-bond acceptors (Lipinski definition) is 18. The summed E-state index contributed by atoms with van der Waals surface area (Å²) in [6.07, 6.45) is 32.4. The number of benzene rings is 5. The Kier molecular flexibility index (Phi) is 32.4. The van der Waals surface area contributed by atoms with Crippen molar-refractivity contribution in [3.63, 3.8) is 0 Å². The van der Waals surface area contributed by atoms with Gasteiger partial charge in [0.05, 0.1) is 92.8 Å². The van der Waals surface area contributed by atoms with Crippen LogP contribution in [0.1, 0.15) is 28.1 Å². The van der Waals surface area contributed by atoms with Crippen LogP contribution in [0.2, 0.25) is 0 Å². The number of carbonyl (C=O) groups excluding carboxylic acids is 2. The Bertz CT molecular complexity index is 4170. The van der Waals surface area contributed by atoms with Gasteiger partial charge in [-0.05, 0) is 115 Å². The van der Waals surface area contributed by atoms with Crippen molar-refractivity contribution in [1.82, 2.24) is 95.5 Å². The lowest BCUT2D eigenvalue weighted by Gasteiger charge is -2.02. The fraction of sp³-hybridized carbons (Fsp3) is 0.0274. The molecule has 1 aliphatic heterocycles. The summed E-state index contributed by atoms with van der Waals surface area (Å²) in [4.78, 5) is 60.6. The Hall–Kier alpha value is -13.6. The van der Waals surface area contributed by atoms with Crippen molar-refractivity contribution >= 4 is 94.3 Å². The first-order valence-electron chi connectivity index (χ1n) is 29.6. The number of nitrogens with one attached hydrogen (secondary N) is 6. The van der Waals surface area contributed by atoms with E-state index in [2.05, 4.69) is 101 Å². The molecule has 2 amide bonds. The molecule has 0 unspecified atom stereocenters. The summed E-state index contributed by atoms with van der Waals surface area (Å²) < 4.78 is 12.9. The summed E-state index contributed by atoms with van der Waals surface area (Å²) in [6, 6.07) is 65.7. The number of imide groups is 1. The average molecular weight is 1350 g/mol. The van der Waals surface area contributed by atoms with Gasteiger partial charge < -0.3 is 18.8 Å². The molecule has 0 radical (unpaired) electrons. The van der Waals surface area contributed by atoms with Gasteiger partial charge in [-0.15, -0.1) is 27.8 Å². The molecule has 0 saturated heterocycles. The zero-order valence-electron chi connectivity index (χ0n) is 52.5. The van der Waals surface area contributed by atoms with Gasteiger partial charge in [-0.3, -0.25) is 39.8 Å². The minimum atomic E-state index is -0.212. The SMILES string of the molecule is C.CN1C(=O)c2ccccc2C1=O.c1c[nH]cn1.c1cc[n+]2cn[nH]c2c1.c1ccc2[nH]cnc2c1.c1ccc2[nH]ncc2c1.c1ccc2occc2c1.c1ccc2scnc2c1.c1ccncc1.c1ccoc1.c1cn[nH]c1.c1cnc2ncccc2c1.c1cscn1.c1nc[nH]n1. The lowest BCUT2D eigenvalue weighted by atomic mass is 10.1. The molecule has 0 atom stereocenters. The van der Waals surface area contributed by atoms with Gasteiger partial charge in [0, 0.05) is 95.5 Å². The van der Waals surface area contributed by atoms with Crippen molar-refractivity contribution in [3.8, 4) is 0 Å². The predicted molar refractivity (Wildman–Crippen MR) is 388 cm³/mol. The number of nitrogens with zero attached hydrogens (tertiary/aromatic N) is 14. The number of imidazole rings is 2. The topological polar surface area (TPSA) is 317 Å². The summed E-state index contributed by atoms with van der Waals surface area (Å²) >= 11 is 3.28. The first kappa shape index (κ1) is 72.8. The highest BCUT2D eigenvalue weighted by Gasteiger charge is 2.31. The van der Waals surface area contributed by atoms with Crippen molar-refractivity contribution in [1.29, 1.82) is 0 Å². The number of furan rings is 2. The van der Waals surface area contributed by atoms with Gasteiger partial charge in [0.2, 0.25) is 0 Å². The number of pyridine rings is 4. The van der Waals surface area contributed by atoms with Crippen LogP contribution < -0.4 is 4.40 Å². The zero-order valence-corrected chi connectivity index (χ0v) is 54.2. The minimum absolute atomic E-state index is 0. The van der Waals surface area contributed by atoms with Crippen LogP contribution >= 0.6 is 22.7 Å². The Balaban J connectivity index is 0.000000152. The highest BCUT2D eigenvalue weighted by atomic mass is 32.1. The largest absolute Gasteiger partial charge is 0.473 e. The first-order valence-corrected chi connectivity index (χ1v) is 31.5. The molecule has 6 N–H and O–H groups in total. The smallest absolute Gasteiger partial charge is 0.269 e. The van der Waals surface area contributed by atoms with Crippen LogP contribution in [-0.4, -0.2) is 114 Å². The number of aromatic amines is 6. The highest BCUT2D eigenvalue weighted by molar-refractivity contribution is 7.16. The van der Waals surface area contributed by atoms with E-state index in [1.54, 1.807) is 146 Å². The molecule has 5 aromatic carbocycles. The van der Waals surface area contributed by atoms with E-state index in [0.29, 0.717) is 11.1 Å². The number of hydrogen-bond donors (Lipinski definition) is 6. The third-order valence-electron chi connectivity index (χ3n) is 12.4. The van der Waals surface area contributed by atoms with Crippen LogP contribution in [0.4, 0.5) is 0 Å². The fourth-order valence-corrected chi connectivity index (χ4v) is 8.84. The van der Waals surface area contributed by atoms with E-state index in [1.807, 2.05) is 204 Å². The lowest BCUT2D eigenvalue weighted by Crippen LogP contribution is -2.24. The van der Waals surface area contributed by atoms with Crippen LogP contribution in [0.25, 0.3) is 59.8 Å². The number of thiazole rings is 2. The summed E-state index contributed by atoms with van der Waals surface area (Å²) in [7, 11) is 1.49. The Morgan fingerprint density at radius 3 is 1.72 bits per heavy atom. The number of aromatic nitrogens is 19. The van der Waals surface area contributed by atoms with E-state index in [1.165, 1.54) is 24.4 Å². The van der Waals surface area contributed by atoms with Crippen LogP contribution in [0.5, 0.6) is 0 Å². The van der Waals surface area contributed by atoms with Crippen molar-refractivity contribution in [2.24, 2.45) is 0 Å². The van der Waals surface area contributed by atoms with Crippen LogP contribution in [0.3, 0.4) is 0 Å². The molecule has 0 saturated carbocycles. The third-order valence-corrected chi connectivity index (χ3v) is 13.7. The summed E-state index contributed by atoms with van der Waals surface area (Å²) in [5.41, 5.74) is 11.8. The van der Waals surface area contributed by atoms with Crippen molar-refractivity contribution < 1.29 is 22.8 Å². The Morgan fingerprint density at radius 1 is 0.475 bits per heavy atom. The maximum atomic E-state index is 11.3. The van der Waals surface area contributed by atoms with Gasteiger partial charge >= 0.3 is 0 Å². The second kappa shape index (κ2) is 44.1. The molecule has 20 rings (SSSR count). The molecular weight excluding hydrogens is 1290 g/mol. The van der Waals surface area contributed by atoms with Crippen molar-refractivity contribution in [2.75, 3.05) is 7.05 Å². The quantitative estimate of drug-likeness (QED) is 0.0607. The van der Waals surface area contributed by atoms with Crippen LogP contribution in [0, 0.1) is 0 Å². The first-order chi connectivity index (χ1) is 48.5. The Labute approximate surface area is 576 Å². The van der Waals surface area contributed by atoms with Gasteiger partial charge in [-0.1, -0.05) is 92.4 Å². The van der Waals surface area contributed by atoms with E-state index in [-0.39, 0.29) is 19.2 Å². The minimum Gasteiger partial charge on any atom is -0.473 e. The standard InChI is InChI=1S/C9H7NO2.C8H6N2.C8H6O.2C7H6N2.C7H5NS.C6H5N3.C5H5N.C4H4O.2C3H4N2.C3H3NS.C2H3N3.CH4/c1-10-8(11)6-4-2-3-5-7(6)9(10)12;1-3-7-4-2-6-10-8(7)9-5-1;1-2-4-8-7(3-1)5-6-9-8;1-2-4-7-6(3-1)8-5-9-7;1-2-4-7-6(3-1)5-8-9-7;1-2-4-7-6(3-1)8-5-9-7;1-2-4-9-5-7-8-6(9)3-1;1-2-4-6-5-3-1;1-2-4-5-3-1;1-2-5-3-4-1;1-2-4-5-3-1;1-2-5-3-4-1;1-3-2-5-4-1;/h2-5H,1H3;1-6H;1-6H;2*1-5H,(H,8,9);2*1-5H;1-5H;1-4H;2*1-3H,(H,4,5);1-3H;1-2H,(H,3,4,5);1H4/p+1. The molecule has 24 nitrogen and oxygen atoms in total. The van der Waals surface area contributed by atoms with E-state index in [4.69, 9.17) is 4.42 Å². The summed E-state index contributed by atoms with van der Waals surface area (Å²) in [6.45, 7) is 0. The predicted octanol–water partition coefficient (Wildman–Crippen LogP) is 15.3. The molecular formula is C73H69N20O4S2+. The van der Waals surface area contributed by atoms with E-state index < -0.39 is 0 Å². The van der Waals surface area contributed by atoms with Crippen LogP contribution in [-0.2, 0) is 0 Å². The third kappa shape index (κ3) is 26.4. The number of carbonyl (C=O) groups is 2. The maximum Gasteiger partial charge on any atom is 0.269 e. The monoisotopic (exact) mass is 1350 g/mol. The van der Waals surface area contributed by atoms with Crippen LogP contribution in [0.15, 0.2) is 350 Å². The van der Waals surface area contributed by atoms with Gasteiger partial charge in [-0.2, -0.15) is 15.3 Å². The molecule has 0 bridgehead atoms. The normalized spacial score (nSPS) is 10.0. The van der Waals surface area contributed by atoms with E-state index >= 15 is 0 Å². The number of rotatable bonds is 0. The molecule has 26 heteroatoms. The van der Waals surface area contributed by atoms with Gasteiger partial charge in [0.25, 0.3) is 23.8 Å². The zero-order chi connectivity index (χ0) is 68.0. The van der Waals surface area contributed by atoms with Crippen molar-refractivity contribution in [3.05, 3.63) is 352 Å². The van der Waals surface area contributed by atoms with Crippen molar-refractivity contribution in [2.45, 2.75) is 7.43 Å². The Morgan fingerprint density at radius 2 is 1.18 bits per heavy atom. The second-order valence-electron chi connectivity index (χ2n) is 18.9. The molecule has 15 heterocycles. The molecule has 0 spiro atoms. The second-order valence-corrected chi connectivity index (χ2v) is 20.6. The molecule has 19 aromatic rings. The molecule has 496 valence electrons. The van der Waals surface area contributed by atoms with E-state index in [0.717, 1.165) is 60.0 Å². The number of amides is 2. The molecule has 0 aliphatic carbocycles. The highest BCUT2D eigenvalue weighted by Crippen LogP contribution is 2.20. The summed E-state index contributed by atoms with van der Waals surface area (Å²) in [5.74, 6) is -0.425. The van der Waals surface area contributed by atoms with Gasteiger partial charge in [0.1, 0.15) is 18.2 Å². The molecule has 14 aromatic heterocycles. The fourth-order valence-electron chi connectivity index (χ4n) is 7.81. The molecule has 1 aliphatic rings. The number of para-hydroxylation sites is 5. The number of H-pyrrole nitrogens is 6. The molecule has 0 fully saturated rings. The summed E-state index contributed by atoms with van der Waals surface area (Å²) in [5, 5.41) is 31.0. The van der Waals surface area contributed by atoms with Gasteiger partial charge in [-0.25, -0.2) is 34.3 Å².